The molecule has 0 aromatic carbocycles. The van der Waals surface area contributed by atoms with Crippen LogP contribution in [0.5, 0.6) is 0 Å². The van der Waals surface area contributed by atoms with E-state index >= 15 is 0 Å². The molecule has 0 aromatic rings. The highest BCUT2D eigenvalue weighted by Crippen LogP contribution is 2.09. The first-order valence-electron chi connectivity index (χ1n) is 1.55. The van der Waals surface area contributed by atoms with E-state index in [9.17, 15) is 4.79 Å². The zero-order valence-corrected chi connectivity index (χ0v) is 4.06. The molecule has 0 bridgehead atoms. The first kappa shape index (κ1) is 4.89. The van der Waals surface area contributed by atoms with Crippen LogP contribution in [0.15, 0.2) is 0 Å². The summed E-state index contributed by atoms with van der Waals surface area (Å²) < 4.78 is 4.11. The van der Waals surface area contributed by atoms with Gasteiger partial charge in [-0.3, -0.25) is 4.89 Å². The number of hydrogen-bond donors (Lipinski definition) is 0. The standard InChI is InChI=1S/C2H2O4S/c3-2-1-7-6-5-4-2/h1H2. The fourth-order valence-electron chi connectivity index (χ4n) is 0.168. The van der Waals surface area contributed by atoms with E-state index < -0.39 is 5.97 Å². The summed E-state index contributed by atoms with van der Waals surface area (Å²) in [5, 5.41) is 3.80. The zero-order valence-electron chi connectivity index (χ0n) is 3.25. The summed E-state index contributed by atoms with van der Waals surface area (Å²) in [6, 6.07) is 0. The Labute approximate surface area is 43.8 Å². The van der Waals surface area contributed by atoms with Gasteiger partial charge in [0.25, 0.3) is 0 Å². The van der Waals surface area contributed by atoms with Crippen molar-refractivity contribution in [3.63, 3.8) is 0 Å². The predicted molar refractivity (Wildman–Crippen MR) is 20.7 cm³/mol. The molecular weight excluding hydrogens is 120 g/mol. The molecule has 0 N–H and O–H groups in total. The van der Waals surface area contributed by atoms with Crippen LogP contribution in [0.4, 0.5) is 0 Å². The molecule has 0 aromatic heterocycles. The fraction of sp³-hybridized carbons (Fsp3) is 0.500. The second kappa shape index (κ2) is 2.15. The smallest absolute Gasteiger partial charge is 0.267 e. The summed E-state index contributed by atoms with van der Waals surface area (Å²) in [5.41, 5.74) is 0. The van der Waals surface area contributed by atoms with Gasteiger partial charge in [-0.2, -0.15) is 0 Å². The van der Waals surface area contributed by atoms with Crippen molar-refractivity contribution in [3.8, 4) is 0 Å². The third-order valence-corrected chi connectivity index (χ3v) is 0.885. The highest BCUT2D eigenvalue weighted by Gasteiger charge is 2.11. The van der Waals surface area contributed by atoms with Crippen LogP contribution in [0.1, 0.15) is 0 Å². The summed E-state index contributed by atoms with van der Waals surface area (Å²) in [4.78, 5) is 13.9. The summed E-state index contributed by atoms with van der Waals surface area (Å²) in [6.07, 6.45) is 0. The summed E-state index contributed by atoms with van der Waals surface area (Å²) in [5.74, 6) is -0.226. The maximum absolute atomic E-state index is 10.0. The van der Waals surface area contributed by atoms with Crippen molar-refractivity contribution < 1.29 is 19.1 Å². The molecule has 1 aliphatic heterocycles. The van der Waals surface area contributed by atoms with Gasteiger partial charge in [-0.15, -0.1) is 4.33 Å². The first-order valence-corrected chi connectivity index (χ1v) is 2.46. The van der Waals surface area contributed by atoms with Gasteiger partial charge in [0, 0.05) is 17.1 Å². The van der Waals surface area contributed by atoms with Crippen molar-refractivity contribution in [2.24, 2.45) is 0 Å². The Morgan fingerprint density at radius 1 is 1.71 bits per heavy atom. The normalized spacial score (nSPS) is 21.4. The second-order valence-corrected chi connectivity index (χ2v) is 1.51. The van der Waals surface area contributed by atoms with E-state index in [-0.39, 0.29) is 5.75 Å². The third kappa shape index (κ3) is 1.34. The number of hydrogen-bond acceptors (Lipinski definition) is 5. The molecule has 0 aliphatic carbocycles. The second-order valence-electron chi connectivity index (χ2n) is 0.854. The van der Waals surface area contributed by atoms with E-state index in [0.717, 1.165) is 12.0 Å². The van der Waals surface area contributed by atoms with Crippen molar-refractivity contribution in [1.82, 2.24) is 0 Å². The highest BCUT2D eigenvalue weighted by molar-refractivity contribution is 7.95. The van der Waals surface area contributed by atoms with E-state index in [1.807, 2.05) is 0 Å². The van der Waals surface area contributed by atoms with Gasteiger partial charge < -0.3 is 0 Å². The van der Waals surface area contributed by atoms with E-state index in [2.05, 4.69) is 14.3 Å². The molecule has 1 heterocycles. The predicted octanol–water partition coefficient (Wildman–Crippen LogP) is 0.0546. The van der Waals surface area contributed by atoms with Gasteiger partial charge in [0.05, 0.1) is 0 Å². The van der Waals surface area contributed by atoms with E-state index in [0.29, 0.717) is 0 Å². The van der Waals surface area contributed by atoms with E-state index in [1.54, 1.807) is 0 Å². The Hall–Kier alpha value is -0.260. The topological polar surface area (TPSA) is 44.8 Å². The molecule has 5 heteroatoms. The van der Waals surface area contributed by atoms with Gasteiger partial charge in [-0.25, -0.2) is 4.79 Å². The Kier molecular flexibility index (Phi) is 1.50. The van der Waals surface area contributed by atoms with Gasteiger partial charge in [0.1, 0.15) is 5.75 Å². The van der Waals surface area contributed by atoms with Gasteiger partial charge in [-0.05, 0) is 0 Å². The van der Waals surface area contributed by atoms with Gasteiger partial charge in [0.15, 0.2) is 0 Å². The van der Waals surface area contributed by atoms with Gasteiger partial charge in [0.2, 0.25) is 0 Å². The minimum absolute atomic E-state index is 0.194. The third-order valence-electron chi connectivity index (χ3n) is 0.380. The number of carbonyl (C=O) groups is 1. The molecule has 0 spiro atoms. The lowest BCUT2D eigenvalue weighted by molar-refractivity contribution is -0.434. The molecule has 0 saturated carbocycles. The van der Waals surface area contributed by atoms with Crippen LogP contribution in [0.25, 0.3) is 0 Å². The lowest BCUT2D eigenvalue weighted by atomic mass is 10.8. The van der Waals surface area contributed by atoms with Crippen molar-refractivity contribution in [3.05, 3.63) is 0 Å². The molecule has 1 rings (SSSR count). The number of carbonyl (C=O) groups excluding carboxylic acids is 1. The van der Waals surface area contributed by atoms with Crippen LogP contribution in [0.2, 0.25) is 0 Å². The van der Waals surface area contributed by atoms with Crippen molar-refractivity contribution >= 4 is 18.0 Å². The van der Waals surface area contributed by atoms with Crippen molar-refractivity contribution in [1.29, 1.82) is 0 Å². The number of rotatable bonds is 0. The molecule has 0 amide bonds. The summed E-state index contributed by atoms with van der Waals surface area (Å²) >= 11 is 0.906. The van der Waals surface area contributed by atoms with Crippen LogP contribution >= 0.6 is 12.0 Å². The van der Waals surface area contributed by atoms with Crippen molar-refractivity contribution in [2.75, 3.05) is 5.75 Å². The minimum atomic E-state index is -0.420. The molecule has 40 valence electrons. The lowest BCUT2D eigenvalue weighted by Gasteiger charge is -2.03. The van der Waals surface area contributed by atoms with Crippen LogP contribution in [0.3, 0.4) is 0 Å². The van der Waals surface area contributed by atoms with Gasteiger partial charge >= 0.3 is 5.97 Å². The molecule has 0 atom stereocenters. The molecular formula is C2H2O4S. The van der Waals surface area contributed by atoms with Crippen LogP contribution in [0, 0.1) is 0 Å². The summed E-state index contributed by atoms with van der Waals surface area (Å²) in [6.45, 7) is 0. The quantitative estimate of drug-likeness (QED) is 0.335. The molecule has 0 radical (unpaired) electrons. The molecule has 1 fully saturated rings. The minimum Gasteiger partial charge on any atom is -0.267 e. The Morgan fingerprint density at radius 3 is 2.86 bits per heavy atom. The SMILES string of the molecule is O=C1CSOOO1. The molecule has 4 nitrogen and oxygen atoms in total. The molecule has 7 heavy (non-hydrogen) atoms. The van der Waals surface area contributed by atoms with Crippen molar-refractivity contribution in [2.45, 2.75) is 0 Å². The highest BCUT2D eigenvalue weighted by atomic mass is 32.2. The Balaban J connectivity index is 2.25. The largest absolute Gasteiger partial charge is 0.357 e. The Bertz CT molecular complexity index is 73.8. The fourth-order valence-corrected chi connectivity index (χ4v) is 0.427. The first-order chi connectivity index (χ1) is 3.39. The van der Waals surface area contributed by atoms with Crippen LogP contribution in [-0.2, 0) is 19.1 Å². The molecule has 1 aliphatic rings. The Morgan fingerprint density at radius 2 is 2.57 bits per heavy atom. The maximum Gasteiger partial charge on any atom is 0.357 e. The van der Waals surface area contributed by atoms with Crippen LogP contribution < -0.4 is 0 Å². The average Bonchev–Trinajstić information content (AvgIpc) is 1.69. The monoisotopic (exact) mass is 122 g/mol. The van der Waals surface area contributed by atoms with Gasteiger partial charge in [-0.1, -0.05) is 0 Å². The van der Waals surface area contributed by atoms with E-state index in [1.165, 1.54) is 0 Å². The van der Waals surface area contributed by atoms with Crippen LogP contribution in [-0.4, -0.2) is 11.7 Å². The lowest BCUT2D eigenvalue weighted by Crippen LogP contribution is -2.12. The summed E-state index contributed by atoms with van der Waals surface area (Å²) in [7, 11) is 0. The molecule has 1 saturated heterocycles. The molecule has 0 unspecified atom stereocenters. The van der Waals surface area contributed by atoms with E-state index in [4.69, 9.17) is 0 Å². The average molecular weight is 122 g/mol. The zero-order chi connectivity index (χ0) is 5.11. The maximum atomic E-state index is 10.0.